The summed E-state index contributed by atoms with van der Waals surface area (Å²) >= 11 is 11.3. The third kappa shape index (κ3) is 2.58. The van der Waals surface area contributed by atoms with Crippen molar-refractivity contribution < 1.29 is 5.11 Å². The summed E-state index contributed by atoms with van der Waals surface area (Å²) in [6, 6.07) is 9.91. The fourth-order valence-corrected chi connectivity index (χ4v) is 3.85. The minimum atomic E-state index is 0.0409. The van der Waals surface area contributed by atoms with Gasteiger partial charge in [0, 0.05) is 27.0 Å². The number of aliphatic hydroxyl groups is 1. The average molecular weight is 357 g/mol. The third-order valence-corrected chi connectivity index (χ3v) is 4.90. The normalized spacial score (nSPS) is 11.3. The van der Waals surface area contributed by atoms with Crippen LogP contribution in [-0.4, -0.2) is 9.67 Å². The van der Waals surface area contributed by atoms with Crippen molar-refractivity contribution in [2.24, 2.45) is 0 Å². The molecule has 0 radical (unpaired) electrons. The Bertz CT molecular complexity index is 734. The lowest BCUT2D eigenvalue weighted by molar-refractivity contribution is 0.283. The van der Waals surface area contributed by atoms with Gasteiger partial charge in [-0.05, 0) is 40.2 Å². The minimum Gasteiger partial charge on any atom is -0.392 e. The van der Waals surface area contributed by atoms with Crippen molar-refractivity contribution in [1.82, 2.24) is 4.57 Å². The van der Waals surface area contributed by atoms with Gasteiger partial charge in [-0.15, -0.1) is 11.3 Å². The van der Waals surface area contributed by atoms with Crippen LogP contribution in [0.3, 0.4) is 0 Å². The van der Waals surface area contributed by atoms with Gasteiger partial charge >= 0.3 is 0 Å². The van der Waals surface area contributed by atoms with E-state index in [1.807, 2.05) is 30.5 Å². The first-order valence-corrected chi connectivity index (χ1v) is 7.78. The highest BCUT2D eigenvalue weighted by molar-refractivity contribution is 9.11. The van der Waals surface area contributed by atoms with Crippen LogP contribution in [0, 0.1) is 0 Å². The monoisotopic (exact) mass is 355 g/mol. The molecule has 0 atom stereocenters. The smallest absolute Gasteiger partial charge is 0.0702 e. The van der Waals surface area contributed by atoms with Crippen LogP contribution in [0.1, 0.15) is 10.4 Å². The molecule has 1 N–H and O–H groups in total. The van der Waals surface area contributed by atoms with E-state index >= 15 is 0 Å². The summed E-state index contributed by atoms with van der Waals surface area (Å²) in [5, 5.41) is 11.2. The number of aromatic nitrogens is 1. The van der Waals surface area contributed by atoms with Crippen molar-refractivity contribution >= 4 is 49.8 Å². The van der Waals surface area contributed by atoms with Gasteiger partial charge in [0.2, 0.25) is 0 Å². The molecule has 0 aliphatic carbocycles. The van der Waals surface area contributed by atoms with Gasteiger partial charge in [0.25, 0.3) is 0 Å². The Morgan fingerprint density at radius 1 is 1.26 bits per heavy atom. The Balaban J connectivity index is 2.09. The van der Waals surface area contributed by atoms with E-state index in [1.165, 1.54) is 4.88 Å². The summed E-state index contributed by atoms with van der Waals surface area (Å²) in [4.78, 5) is 1.26. The first-order valence-electron chi connectivity index (χ1n) is 5.79. The highest BCUT2D eigenvalue weighted by Crippen LogP contribution is 2.28. The summed E-state index contributed by atoms with van der Waals surface area (Å²) in [5.41, 5.74) is 1.99. The predicted octanol–water partition coefficient (Wildman–Crippen LogP) is 4.66. The number of halogens is 2. The molecule has 2 nitrogen and oxygen atoms in total. The zero-order valence-electron chi connectivity index (χ0n) is 9.94. The Hall–Kier alpha value is -0.810. The van der Waals surface area contributed by atoms with Gasteiger partial charge in [0.15, 0.2) is 0 Å². The molecule has 5 heteroatoms. The number of hydrogen-bond donors (Lipinski definition) is 1. The summed E-state index contributed by atoms with van der Waals surface area (Å²) in [6.45, 7) is 0.826. The molecule has 98 valence electrons. The second-order valence-electron chi connectivity index (χ2n) is 4.31. The van der Waals surface area contributed by atoms with Crippen molar-refractivity contribution in [1.29, 1.82) is 0 Å². The molecule has 3 rings (SSSR count). The molecule has 19 heavy (non-hydrogen) atoms. The number of hydrogen-bond acceptors (Lipinski definition) is 2. The molecule has 0 amide bonds. The third-order valence-electron chi connectivity index (χ3n) is 3.05. The molecule has 0 aliphatic rings. The van der Waals surface area contributed by atoms with E-state index in [4.69, 9.17) is 11.6 Å². The topological polar surface area (TPSA) is 25.2 Å². The summed E-state index contributed by atoms with van der Waals surface area (Å²) in [5.74, 6) is 0. The average Bonchev–Trinajstić information content (AvgIpc) is 2.94. The molecular weight excluding hydrogens is 346 g/mol. The lowest BCUT2D eigenvalue weighted by Gasteiger charge is -2.03. The Morgan fingerprint density at radius 3 is 2.79 bits per heavy atom. The maximum absolute atomic E-state index is 9.44. The van der Waals surface area contributed by atoms with Gasteiger partial charge in [0.1, 0.15) is 0 Å². The van der Waals surface area contributed by atoms with Gasteiger partial charge in [-0.2, -0.15) is 0 Å². The maximum atomic E-state index is 9.44. The van der Waals surface area contributed by atoms with E-state index in [0.717, 1.165) is 26.8 Å². The van der Waals surface area contributed by atoms with E-state index in [-0.39, 0.29) is 6.61 Å². The summed E-state index contributed by atoms with van der Waals surface area (Å²) < 4.78 is 3.25. The van der Waals surface area contributed by atoms with E-state index in [9.17, 15) is 5.11 Å². The van der Waals surface area contributed by atoms with Crippen molar-refractivity contribution in [2.75, 3.05) is 0 Å². The van der Waals surface area contributed by atoms with Crippen molar-refractivity contribution in [3.8, 4) is 0 Å². The molecule has 2 aromatic heterocycles. The van der Waals surface area contributed by atoms with Gasteiger partial charge in [-0.25, -0.2) is 0 Å². The Morgan fingerprint density at radius 2 is 2.11 bits per heavy atom. The lowest BCUT2D eigenvalue weighted by Crippen LogP contribution is -1.95. The zero-order valence-corrected chi connectivity index (χ0v) is 13.1. The van der Waals surface area contributed by atoms with Crippen LogP contribution < -0.4 is 0 Å². The summed E-state index contributed by atoms with van der Waals surface area (Å²) in [7, 11) is 0. The van der Waals surface area contributed by atoms with Gasteiger partial charge in [-0.3, -0.25) is 0 Å². The van der Waals surface area contributed by atoms with Crippen molar-refractivity contribution in [3.05, 3.63) is 55.8 Å². The van der Waals surface area contributed by atoms with Crippen molar-refractivity contribution in [3.63, 3.8) is 0 Å². The van der Waals surface area contributed by atoms with Crippen LogP contribution in [0.25, 0.3) is 10.9 Å². The Labute approximate surface area is 128 Å². The molecule has 0 fully saturated rings. The number of rotatable bonds is 3. The quantitative estimate of drug-likeness (QED) is 0.725. The van der Waals surface area contributed by atoms with Gasteiger partial charge < -0.3 is 9.67 Å². The van der Waals surface area contributed by atoms with E-state index < -0.39 is 0 Å². The fourth-order valence-electron chi connectivity index (χ4n) is 2.20. The number of aliphatic hydroxyl groups excluding tert-OH is 1. The second-order valence-corrected chi connectivity index (χ2v) is 7.29. The first kappa shape index (κ1) is 13.2. The minimum absolute atomic E-state index is 0.0409. The van der Waals surface area contributed by atoms with E-state index in [1.54, 1.807) is 11.3 Å². The molecule has 2 heterocycles. The Kier molecular flexibility index (Phi) is 3.67. The fraction of sp³-hybridized carbons (Fsp3) is 0.143. The SMILES string of the molecule is OCc1cn(Cc2ccc(Br)s2)c2cc(Cl)ccc12. The number of nitrogens with zero attached hydrogens (tertiary/aromatic N) is 1. The largest absolute Gasteiger partial charge is 0.392 e. The van der Waals surface area contributed by atoms with Crippen LogP contribution in [0.4, 0.5) is 0 Å². The molecular formula is C14H11BrClNOS. The summed E-state index contributed by atoms with van der Waals surface area (Å²) in [6.07, 6.45) is 1.99. The van der Waals surface area contributed by atoms with Gasteiger partial charge in [0.05, 0.1) is 22.5 Å². The predicted molar refractivity (Wildman–Crippen MR) is 84.0 cm³/mol. The van der Waals surface area contributed by atoms with E-state index in [2.05, 4.69) is 26.6 Å². The maximum Gasteiger partial charge on any atom is 0.0702 e. The van der Waals surface area contributed by atoms with Crippen LogP contribution in [0.2, 0.25) is 5.02 Å². The molecule has 0 spiro atoms. The second kappa shape index (κ2) is 5.29. The zero-order chi connectivity index (χ0) is 13.4. The van der Waals surface area contributed by atoms with Crippen LogP contribution in [0.15, 0.2) is 40.3 Å². The first-order chi connectivity index (χ1) is 9.17. The molecule has 0 unspecified atom stereocenters. The molecule has 0 saturated carbocycles. The molecule has 0 aliphatic heterocycles. The van der Waals surface area contributed by atoms with Crippen LogP contribution >= 0.6 is 38.9 Å². The van der Waals surface area contributed by atoms with Crippen LogP contribution in [-0.2, 0) is 13.2 Å². The molecule has 3 aromatic rings. The highest BCUT2D eigenvalue weighted by atomic mass is 79.9. The standard InChI is InChI=1S/C14H11BrClNOS/c15-14-4-2-11(19-14)7-17-6-9(8-18)12-3-1-10(16)5-13(12)17/h1-6,18H,7-8H2. The van der Waals surface area contributed by atoms with Crippen LogP contribution in [0.5, 0.6) is 0 Å². The lowest BCUT2D eigenvalue weighted by atomic mass is 10.2. The molecule has 0 saturated heterocycles. The number of thiophene rings is 1. The highest BCUT2D eigenvalue weighted by Gasteiger charge is 2.09. The van der Waals surface area contributed by atoms with Crippen molar-refractivity contribution in [2.45, 2.75) is 13.2 Å². The number of benzene rings is 1. The van der Waals surface area contributed by atoms with E-state index in [0.29, 0.717) is 5.02 Å². The van der Waals surface area contributed by atoms with Gasteiger partial charge in [-0.1, -0.05) is 17.7 Å². The number of fused-ring (bicyclic) bond motifs is 1. The molecule has 1 aromatic carbocycles. The molecule has 0 bridgehead atoms.